The first-order chi connectivity index (χ1) is 11.6. The Morgan fingerprint density at radius 2 is 2.29 bits per heavy atom. The summed E-state index contributed by atoms with van der Waals surface area (Å²) in [7, 11) is 0. The summed E-state index contributed by atoms with van der Waals surface area (Å²) in [4.78, 5) is 31.2. The van der Waals surface area contributed by atoms with E-state index in [4.69, 9.17) is 10.2 Å². The first-order valence-electron chi connectivity index (χ1n) is 8.11. The van der Waals surface area contributed by atoms with Crippen molar-refractivity contribution in [3.05, 3.63) is 17.2 Å². The molecule has 9 heteroatoms. The van der Waals surface area contributed by atoms with Crippen LogP contribution in [-0.4, -0.2) is 62.3 Å². The molecule has 3 rings (SSSR count). The van der Waals surface area contributed by atoms with E-state index in [0.29, 0.717) is 18.9 Å². The Bertz CT molecular complexity index is 615. The Kier molecular flexibility index (Phi) is 5.42. The average molecular weight is 354 g/mol. The molecule has 1 unspecified atom stereocenters. The van der Waals surface area contributed by atoms with Crippen LogP contribution in [0.5, 0.6) is 0 Å². The maximum Gasteiger partial charge on any atom is 0.328 e. The number of rotatable bonds is 5. The predicted octanol–water partition coefficient (Wildman–Crippen LogP) is -0.404. The molecule has 3 atom stereocenters. The third kappa shape index (κ3) is 3.73. The largest absolute Gasteiger partial charge is 0.480 e. The number of nitrogens with zero attached hydrogens (tertiary/aromatic N) is 1. The summed E-state index contributed by atoms with van der Waals surface area (Å²) in [5.74, 6) is 2.02. The van der Waals surface area contributed by atoms with E-state index >= 15 is 0 Å². The van der Waals surface area contributed by atoms with E-state index in [-0.39, 0.29) is 0 Å². The van der Waals surface area contributed by atoms with Crippen LogP contribution in [0.2, 0.25) is 0 Å². The standard InChI is InChI=1S/C15H22N4O4S/c20-6-12(15(22)23)19-14(21)10-4-9-11(5-16-10)18-13(17-9)8-2-1-3-24-7-8/h8,10,12,16,20H,1-7H2,(H,17,18)(H,19,21)(H,22,23)/t8?,10-,12-/m0/s1. The number of imidazole rings is 1. The van der Waals surface area contributed by atoms with Crippen LogP contribution in [-0.2, 0) is 22.6 Å². The lowest BCUT2D eigenvalue weighted by Crippen LogP contribution is -2.53. The molecule has 2 aliphatic rings. The van der Waals surface area contributed by atoms with E-state index in [1.54, 1.807) is 0 Å². The number of fused-ring (bicyclic) bond motifs is 1. The van der Waals surface area contributed by atoms with Crippen molar-refractivity contribution < 1.29 is 19.8 Å². The molecule has 5 N–H and O–H groups in total. The molecule has 0 radical (unpaired) electrons. The molecule has 0 aromatic carbocycles. The highest BCUT2D eigenvalue weighted by Crippen LogP contribution is 2.30. The normalized spacial score (nSPS) is 24.9. The van der Waals surface area contributed by atoms with Gasteiger partial charge in [0.25, 0.3) is 0 Å². The van der Waals surface area contributed by atoms with Gasteiger partial charge in [0.15, 0.2) is 0 Å². The third-order valence-electron chi connectivity index (χ3n) is 4.47. The van der Waals surface area contributed by atoms with E-state index in [0.717, 1.165) is 29.4 Å². The topological polar surface area (TPSA) is 127 Å². The zero-order chi connectivity index (χ0) is 17.1. The number of amides is 1. The van der Waals surface area contributed by atoms with Gasteiger partial charge in [0.05, 0.1) is 24.0 Å². The van der Waals surface area contributed by atoms with Crippen LogP contribution in [0.4, 0.5) is 0 Å². The van der Waals surface area contributed by atoms with Crippen LogP contribution < -0.4 is 10.6 Å². The minimum Gasteiger partial charge on any atom is -0.480 e. The van der Waals surface area contributed by atoms with Crippen LogP contribution in [0, 0.1) is 0 Å². The molecule has 1 aromatic rings. The number of hydrogen-bond acceptors (Lipinski definition) is 6. The molecule has 24 heavy (non-hydrogen) atoms. The predicted molar refractivity (Wildman–Crippen MR) is 88.9 cm³/mol. The van der Waals surface area contributed by atoms with Gasteiger partial charge >= 0.3 is 5.97 Å². The molecule has 8 nitrogen and oxygen atoms in total. The van der Waals surface area contributed by atoms with Gasteiger partial charge in [-0.15, -0.1) is 0 Å². The minimum absolute atomic E-state index is 0.412. The second-order valence-corrected chi connectivity index (χ2v) is 7.33. The van der Waals surface area contributed by atoms with Crippen molar-refractivity contribution in [2.75, 3.05) is 18.1 Å². The van der Waals surface area contributed by atoms with Gasteiger partial charge in [-0.2, -0.15) is 11.8 Å². The Hall–Kier alpha value is -1.58. The second kappa shape index (κ2) is 7.54. The number of H-pyrrole nitrogens is 1. The van der Waals surface area contributed by atoms with Crippen molar-refractivity contribution >= 4 is 23.6 Å². The van der Waals surface area contributed by atoms with Crippen molar-refractivity contribution in [2.45, 2.75) is 43.8 Å². The Morgan fingerprint density at radius 1 is 1.46 bits per heavy atom. The average Bonchev–Trinajstić information content (AvgIpc) is 3.03. The van der Waals surface area contributed by atoms with Gasteiger partial charge in [0, 0.05) is 24.6 Å². The number of carboxylic acids is 1. The fourth-order valence-electron chi connectivity index (χ4n) is 3.07. The SMILES string of the molecule is O=C(O)[C@H](CO)NC(=O)[C@@H]1Cc2nc(C3CCCSC3)[nH]c2CN1. The highest BCUT2D eigenvalue weighted by molar-refractivity contribution is 7.99. The highest BCUT2D eigenvalue weighted by Gasteiger charge is 2.30. The first kappa shape index (κ1) is 17.2. The molecular formula is C15H22N4O4S. The monoisotopic (exact) mass is 354 g/mol. The maximum atomic E-state index is 12.2. The van der Waals surface area contributed by atoms with Crippen LogP contribution in [0.3, 0.4) is 0 Å². The summed E-state index contributed by atoms with van der Waals surface area (Å²) >= 11 is 1.94. The molecule has 0 saturated carbocycles. The lowest BCUT2D eigenvalue weighted by molar-refractivity contribution is -0.143. The number of aromatic amines is 1. The van der Waals surface area contributed by atoms with Gasteiger partial charge in [-0.1, -0.05) is 0 Å². The molecule has 1 saturated heterocycles. The number of carbonyl (C=O) groups is 2. The number of thioether (sulfide) groups is 1. The van der Waals surface area contributed by atoms with Gasteiger partial charge in [-0.05, 0) is 18.6 Å². The number of nitrogens with one attached hydrogen (secondary N) is 3. The smallest absolute Gasteiger partial charge is 0.328 e. The summed E-state index contributed by atoms with van der Waals surface area (Å²) < 4.78 is 0. The van der Waals surface area contributed by atoms with Crippen LogP contribution in [0.1, 0.15) is 36.0 Å². The molecule has 132 valence electrons. The van der Waals surface area contributed by atoms with Crippen molar-refractivity contribution in [3.63, 3.8) is 0 Å². The van der Waals surface area contributed by atoms with Crippen molar-refractivity contribution in [1.29, 1.82) is 0 Å². The van der Waals surface area contributed by atoms with Gasteiger partial charge in [0.2, 0.25) is 5.91 Å². The number of aliphatic hydroxyl groups is 1. The number of hydrogen-bond donors (Lipinski definition) is 5. The molecular weight excluding hydrogens is 332 g/mol. The zero-order valence-electron chi connectivity index (χ0n) is 13.2. The van der Waals surface area contributed by atoms with E-state index < -0.39 is 30.6 Å². The maximum absolute atomic E-state index is 12.2. The molecule has 0 spiro atoms. The molecule has 0 aliphatic carbocycles. The Balaban J connectivity index is 1.64. The van der Waals surface area contributed by atoms with Gasteiger partial charge < -0.3 is 20.5 Å². The summed E-state index contributed by atoms with van der Waals surface area (Å²) in [6, 6.07) is -1.82. The van der Waals surface area contributed by atoms with E-state index in [9.17, 15) is 9.59 Å². The van der Waals surface area contributed by atoms with Crippen LogP contribution in [0.25, 0.3) is 0 Å². The number of aromatic nitrogens is 2. The van der Waals surface area contributed by atoms with Crippen LogP contribution >= 0.6 is 11.8 Å². The fraction of sp³-hybridized carbons (Fsp3) is 0.667. The summed E-state index contributed by atoms with van der Waals surface area (Å²) in [6.45, 7) is -0.137. The molecule has 1 aromatic heterocycles. The van der Waals surface area contributed by atoms with Gasteiger partial charge in [-0.25, -0.2) is 9.78 Å². The van der Waals surface area contributed by atoms with Crippen molar-refractivity contribution in [2.24, 2.45) is 0 Å². The van der Waals surface area contributed by atoms with E-state index in [1.165, 1.54) is 12.2 Å². The number of carbonyl (C=O) groups excluding carboxylic acids is 1. The lowest BCUT2D eigenvalue weighted by Gasteiger charge is -2.23. The second-order valence-electron chi connectivity index (χ2n) is 6.18. The summed E-state index contributed by atoms with van der Waals surface area (Å²) in [5.41, 5.74) is 1.87. The van der Waals surface area contributed by atoms with Gasteiger partial charge in [-0.3, -0.25) is 10.1 Å². The first-order valence-corrected chi connectivity index (χ1v) is 9.26. The summed E-state index contributed by atoms with van der Waals surface area (Å²) in [6.07, 6.45) is 2.74. The molecule has 2 aliphatic heterocycles. The Labute approximate surface area is 143 Å². The number of aliphatic hydroxyl groups excluding tert-OH is 1. The minimum atomic E-state index is -1.28. The molecule has 3 heterocycles. The summed E-state index contributed by atoms with van der Waals surface area (Å²) in [5, 5.41) is 23.4. The molecule has 1 fully saturated rings. The molecule has 0 bridgehead atoms. The molecule has 1 amide bonds. The van der Waals surface area contributed by atoms with E-state index in [1.807, 2.05) is 11.8 Å². The fourth-order valence-corrected chi connectivity index (χ4v) is 4.21. The van der Waals surface area contributed by atoms with Crippen LogP contribution in [0.15, 0.2) is 0 Å². The quantitative estimate of drug-likeness (QED) is 0.487. The van der Waals surface area contributed by atoms with Crippen molar-refractivity contribution in [1.82, 2.24) is 20.6 Å². The number of carboxylic acid groups (broad SMARTS) is 1. The third-order valence-corrected chi connectivity index (χ3v) is 5.68. The number of aliphatic carboxylic acids is 1. The van der Waals surface area contributed by atoms with Gasteiger partial charge in [0.1, 0.15) is 11.9 Å². The lowest BCUT2D eigenvalue weighted by atomic mass is 10.0. The van der Waals surface area contributed by atoms with E-state index in [2.05, 4.69) is 20.6 Å². The van der Waals surface area contributed by atoms with Crippen molar-refractivity contribution in [3.8, 4) is 0 Å². The zero-order valence-corrected chi connectivity index (χ0v) is 14.1. The Morgan fingerprint density at radius 3 is 2.96 bits per heavy atom. The highest BCUT2D eigenvalue weighted by atomic mass is 32.2.